The Labute approximate surface area is 104 Å². The van der Waals surface area contributed by atoms with Gasteiger partial charge in [-0.2, -0.15) is 0 Å². The van der Waals surface area contributed by atoms with Crippen LogP contribution in [0, 0.1) is 19.8 Å². The van der Waals surface area contributed by atoms with E-state index >= 15 is 0 Å². The molecule has 0 radical (unpaired) electrons. The molecule has 0 aliphatic carbocycles. The molecule has 0 aromatic heterocycles. The normalized spacial score (nSPS) is 12.6. The predicted octanol–water partition coefficient (Wildman–Crippen LogP) is 2.49. The van der Waals surface area contributed by atoms with Gasteiger partial charge in [-0.1, -0.05) is 32.0 Å². The van der Waals surface area contributed by atoms with E-state index in [1.807, 2.05) is 52.9 Å². The second-order valence-corrected chi connectivity index (χ2v) is 4.77. The number of carbonyl (C=O) groups excluding carboxylic acids is 1. The summed E-state index contributed by atoms with van der Waals surface area (Å²) in [5.41, 5.74) is 3.12. The van der Waals surface area contributed by atoms with Gasteiger partial charge in [0.2, 0.25) is 5.91 Å². The monoisotopic (exact) mass is 234 g/mol. The first-order valence-electron chi connectivity index (χ1n) is 6.01. The number of aryl methyl sites for hydroxylation is 2. The number of hydrogen-bond acceptors (Lipinski definition) is 2. The van der Waals surface area contributed by atoms with Gasteiger partial charge < -0.3 is 10.6 Å². The smallest absolute Gasteiger partial charge is 0.241 e. The lowest BCUT2D eigenvalue weighted by atomic mass is 10.0. The predicted molar refractivity (Wildman–Crippen MR) is 72.2 cm³/mol. The molecule has 17 heavy (non-hydrogen) atoms. The number of nitrogens with one attached hydrogen (secondary N) is 2. The molecule has 0 fully saturated rings. The van der Waals surface area contributed by atoms with Crippen molar-refractivity contribution in [2.24, 2.45) is 5.92 Å². The quantitative estimate of drug-likeness (QED) is 0.840. The fourth-order valence-corrected chi connectivity index (χ4v) is 1.98. The Kier molecular flexibility index (Phi) is 4.70. The Hall–Kier alpha value is -1.35. The highest BCUT2D eigenvalue weighted by Crippen LogP contribution is 2.20. The molecule has 0 aliphatic rings. The number of likely N-dealkylation sites (N-methyl/N-ethyl adjacent to an activating group) is 1. The molecule has 0 heterocycles. The summed E-state index contributed by atoms with van der Waals surface area (Å²) in [6, 6.07) is 5.85. The van der Waals surface area contributed by atoms with Crippen molar-refractivity contribution in [3.05, 3.63) is 29.3 Å². The van der Waals surface area contributed by atoms with Crippen molar-refractivity contribution in [2.75, 3.05) is 12.4 Å². The molecule has 0 saturated carbocycles. The molecule has 0 bridgehead atoms. The Morgan fingerprint density at radius 1 is 1.18 bits per heavy atom. The van der Waals surface area contributed by atoms with E-state index in [9.17, 15) is 4.79 Å². The van der Waals surface area contributed by atoms with Gasteiger partial charge in [-0.25, -0.2) is 0 Å². The average molecular weight is 234 g/mol. The molecule has 2 N–H and O–H groups in total. The zero-order valence-corrected chi connectivity index (χ0v) is 11.3. The van der Waals surface area contributed by atoms with Gasteiger partial charge >= 0.3 is 0 Å². The van der Waals surface area contributed by atoms with Crippen LogP contribution in [0.2, 0.25) is 0 Å². The first-order chi connectivity index (χ1) is 7.97. The standard InChI is InChI=1S/C14H22N2O/c1-9(2)12(15-5)14(17)16-13-10(3)7-6-8-11(13)4/h6-9,12,15H,1-5H3,(H,16,17). The molecule has 0 spiro atoms. The molecule has 1 atom stereocenters. The lowest BCUT2D eigenvalue weighted by Crippen LogP contribution is -2.42. The maximum absolute atomic E-state index is 12.1. The van der Waals surface area contributed by atoms with Gasteiger partial charge in [0.15, 0.2) is 0 Å². The third-order valence-electron chi connectivity index (χ3n) is 2.99. The maximum Gasteiger partial charge on any atom is 0.241 e. The first-order valence-corrected chi connectivity index (χ1v) is 6.01. The molecular weight excluding hydrogens is 212 g/mol. The van der Waals surface area contributed by atoms with Crippen LogP contribution in [0.15, 0.2) is 18.2 Å². The molecule has 1 unspecified atom stereocenters. The van der Waals surface area contributed by atoms with Gasteiger partial charge in [0, 0.05) is 5.69 Å². The molecule has 0 saturated heterocycles. The Morgan fingerprint density at radius 2 is 1.71 bits per heavy atom. The van der Waals surface area contributed by atoms with Gasteiger partial charge in [-0.05, 0) is 37.9 Å². The van der Waals surface area contributed by atoms with Crippen LogP contribution in [0.1, 0.15) is 25.0 Å². The van der Waals surface area contributed by atoms with E-state index in [1.54, 1.807) is 0 Å². The van der Waals surface area contributed by atoms with Crippen LogP contribution in [-0.2, 0) is 4.79 Å². The molecule has 1 aromatic carbocycles. The number of hydrogen-bond donors (Lipinski definition) is 2. The van der Waals surface area contributed by atoms with Crippen molar-refractivity contribution in [3.8, 4) is 0 Å². The van der Waals surface area contributed by atoms with Crippen molar-refractivity contribution in [2.45, 2.75) is 33.7 Å². The van der Waals surface area contributed by atoms with Crippen molar-refractivity contribution in [1.82, 2.24) is 5.32 Å². The molecule has 1 rings (SSSR count). The van der Waals surface area contributed by atoms with Crippen molar-refractivity contribution in [1.29, 1.82) is 0 Å². The number of rotatable bonds is 4. The number of para-hydroxylation sites is 1. The zero-order chi connectivity index (χ0) is 13.0. The second-order valence-electron chi connectivity index (χ2n) is 4.77. The van der Waals surface area contributed by atoms with Gasteiger partial charge in [-0.3, -0.25) is 4.79 Å². The molecule has 3 nitrogen and oxygen atoms in total. The van der Waals surface area contributed by atoms with Gasteiger partial charge in [-0.15, -0.1) is 0 Å². The summed E-state index contributed by atoms with van der Waals surface area (Å²) in [5, 5.41) is 6.06. The molecule has 94 valence electrons. The molecule has 1 amide bonds. The van der Waals surface area contributed by atoms with Gasteiger partial charge in [0.25, 0.3) is 0 Å². The topological polar surface area (TPSA) is 41.1 Å². The van der Waals surface area contributed by atoms with E-state index in [0.717, 1.165) is 16.8 Å². The fourth-order valence-electron chi connectivity index (χ4n) is 1.98. The summed E-state index contributed by atoms with van der Waals surface area (Å²) < 4.78 is 0. The third-order valence-corrected chi connectivity index (χ3v) is 2.99. The van der Waals surface area contributed by atoms with E-state index < -0.39 is 0 Å². The largest absolute Gasteiger partial charge is 0.324 e. The summed E-state index contributed by atoms with van der Waals surface area (Å²) in [7, 11) is 1.81. The van der Waals surface area contributed by atoms with Gasteiger partial charge in [0.05, 0.1) is 6.04 Å². The number of carbonyl (C=O) groups is 1. The minimum Gasteiger partial charge on any atom is -0.324 e. The average Bonchev–Trinajstić information content (AvgIpc) is 2.24. The van der Waals surface area contributed by atoms with Crippen LogP contribution < -0.4 is 10.6 Å². The van der Waals surface area contributed by atoms with Crippen LogP contribution >= 0.6 is 0 Å². The summed E-state index contributed by atoms with van der Waals surface area (Å²) in [6.07, 6.45) is 0. The van der Waals surface area contributed by atoms with Gasteiger partial charge in [0.1, 0.15) is 0 Å². The van der Waals surface area contributed by atoms with Crippen LogP contribution in [0.4, 0.5) is 5.69 Å². The van der Waals surface area contributed by atoms with Crippen LogP contribution in [-0.4, -0.2) is 19.0 Å². The highest BCUT2D eigenvalue weighted by atomic mass is 16.2. The Bertz CT molecular complexity index is 379. The van der Waals surface area contributed by atoms with Crippen LogP contribution in [0.25, 0.3) is 0 Å². The van der Waals surface area contributed by atoms with Crippen molar-refractivity contribution < 1.29 is 4.79 Å². The maximum atomic E-state index is 12.1. The SMILES string of the molecule is CNC(C(=O)Nc1c(C)cccc1C)C(C)C. The minimum atomic E-state index is -0.158. The third kappa shape index (κ3) is 3.30. The van der Waals surface area contributed by atoms with E-state index in [4.69, 9.17) is 0 Å². The Morgan fingerprint density at radius 3 is 2.12 bits per heavy atom. The Balaban J connectivity index is 2.87. The van der Waals surface area contributed by atoms with Crippen LogP contribution in [0.5, 0.6) is 0 Å². The van der Waals surface area contributed by atoms with Crippen LogP contribution in [0.3, 0.4) is 0 Å². The molecule has 3 heteroatoms. The first kappa shape index (κ1) is 13.7. The molecule has 0 aliphatic heterocycles. The van der Waals surface area contributed by atoms with E-state index in [2.05, 4.69) is 10.6 Å². The van der Waals surface area contributed by atoms with Crippen molar-refractivity contribution >= 4 is 11.6 Å². The van der Waals surface area contributed by atoms with E-state index in [0.29, 0.717) is 0 Å². The highest BCUT2D eigenvalue weighted by Gasteiger charge is 2.20. The second kappa shape index (κ2) is 5.82. The molecular formula is C14H22N2O. The lowest BCUT2D eigenvalue weighted by molar-refractivity contribution is -0.118. The minimum absolute atomic E-state index is 0.0277. The number of amides is 1. The van der Waals surface area contributed by atoms with Crippen molar-refractivity contribution in [3.63, 3.8) is 0 Å². The lowest BCUT2D eigenvalue weighted by Gasteiger charge is -2.21. The zero-order valence-electron chi connectivity index (χ0n) is 11.3. The summed E-state index contributed by atoms with van der Waals surface area (Å²) in [6.45, 7) is 8.08. The molecule has 1 aromatic rings. The number of anilines is 1. The fraction of sp³-hybridized carbons (Fsp3) is 0.500. The highest BCUT2D eigenvalue weighted by molar-refractivity contribution is 5.96. The summed E-state index contributed by atoms with van der Waals surface area (Å²) in [4.78, 5) is 12.1. The number of benzene rings is 1. The summed E-state index contributed by atoms with van der Waals surface area (Å²) >= 11 is 0. The van der Waals surface area contributed by atoms with E-state index in [-0.39, 0.29) is 17.9 Å². The van der Waals surface area contributed by atoms with E-state index in [1.165, 1.54) is 0 Å². The summed E-state index contributed by atoms with van der Waals surface area (Å²) in [5.74, 6) is 0.296.